The van der Waals surface area contributed by atoms with E-state index in [-0.39, 0.29) is 5.91 Å². The van der Waals surface area contributed by atoms with Gasteiger partial charge in [-0.25, -0.2) is 0 Å². The summed E-state index contributed by atoms with van der Waals surface area (Å²) in [6.45, 7) is 2.53. The molecule has 96 valence electrons. The van der Waals surface area contributed by atoms with Crippen LogP contribution in [0.25, 0.3) is 0 Å². The van der Waals surface area contributed by atoms with Gasteiger partial charge in [0.1, 0.15) is 0 Å². The SMILES string of the molecule is O=CN1CCN(C(=O)Cc2cccc(Br)c2)CC1. The molecule has 1 heterocycles. The molecule has 0 atom stereocenters. The van der Waals surface area contributed by atoms with Crippen molar-refractivity contribution in [3.05, 3.63) is 34.3 Å². The van der Waals surface area contributed by atoms with E-state index in [9.17, 15) is 9.59 Å². The van der Waals surface area contributed by atoms with Crippen LogP contribution in [-0.2, 0) is 16.0 Å². The Hall–Kier alpha value is -1.36. The second kappa shape index (κ2) is 6.00. The van der Waals surface area contributed by atoms with Gasteiger partial charge in [0, 0.05) is 30.7 Å². The first-order valence-electron chi connectivity index (χ1n) is 5.90. The highest BCUT2D eigenvalue weighted by Crippen LogP contribution is 2.13. The smallest absolute Gasteiger partial charge is 0.227 e. The quantitative estimate of drug-likeness (QED) is 0.789. The monoisotopic (exact) mass is 310 g/mol. The summed E-state index contributed by atoms with van der Waals surface area (Å²) in [6, 6.07) is 7.78. The lowest BCUT2D eigenvalue weighted by Gasteiger charge is -2.32. The van der Waals surface area contributed by atoms with Gasteiger partial charge in [-0.15, -0.1) is 0 Å². The fourth-order valence-electron chi connectivity index (χ4n) is 2.01. The van der Waals surface area contributed by atoms with Crippen molar-refractivity contribution in [3.8, 4) is 0 Å². The number of carbonyl (C=O) groups excluding carboxylic acids is 2. The van der Waals surface area contributed by atoms with Crippen LogP contribution in [0.15, 0.2) is 28.7 Å². The highest BCUT2D eigenvalue weighted by Gasteiger charge is 2.19. The van der Waals surface area contributed by atoms with Crippen molar-refractivity contribution in [2.75, 3.05) is 26.2 Å². The molecule has 0 unspecified atom stereocenters. The zero-order valence-corrected chi connectivity index (χ0v) is 11.6. The van der Waals surface area contributed by atoms with Crippen LogP contribution < -0.4 is 0 Å². The molecule has 1 aromatic rings. The van der Waals surface area contributed by atoms with E-state index in [2.05, 4.69) is 15.9 Å². The number of piperazine rings is 1. The second-order valence-corrected chi connectivity index (χ2v) is 5.24. The number of benzene rings is 1. The Morgan fingerprint density at radius 1 is 1.28 bits per heavy atom. The predicted molar refractivity (Wildman–Crippen MR) is 72.1 cm³/mol. The topological polar surface area (TPSA) is 40.6 Å². The van der Waals surface area contributed by atoms with Crippen LogP contribution in [0.2, 0.25) is 0 Å². The maximum Gasteiger partial charge on any atom is 0.227 e. The lowest BCUT2D eigenvalue weighted by Crippen LogP contribution is -2.48. The summed E-state index contributed by atoms with van der Waals surface area (Å²) in [5, 5.41) is 0. The normalized spacial score (nSPS) is 15.6. The summed E-state index contributed by atoms with van der Waals surface area (Å²) in [6.07, 6.45) is 1.26. The van der Waals surface area contributed by atoms with Gasteiger partial charge in [-0.05, 0) is 17.7 Å². The van der Waals surface area contributed by atoms with Crippen molar-refractivity contribution in [1.29, 1.82) is 0 Å². The first-order chi connectivity index (χ1) is 8.69. The minimum atomic E-state index is 0.124. The third kappa shape index (κ3) is 3.32. The molecular weight excluding hydrogens is 296 g/mol. The number of rotatable bonds is 3. The average Bonchev–Trinajstić information content (AvgIpc) is 2.39. The number of carbonyl (C=O) groups is 2. The van der Waals surface area contributed by atoms with E-state index >= 15 is 0 Å². The van der Waals surface area contributed by atoms with Crippen molar-refractivity contribution in [2.24, 2.45) is 0 Å². The first-order valence-corrected chi connectivity index (χ1v) is 6.70. The van der Waals surface area contributed by atoms with E-state index in [1.54, 1.807) is 4.90 Å². The van der Waals surface area contributed by atoms with Gasteiger partial charge >= 0.3 is 0 Å². The molecule has 18 heavy (non-hydrogen) atoms. The molecule has 0 N–H and O–H groups in total. The van der Waals surface area contributed by atoms with E-state index in [0.717, 1.165) is 16.4 Å². The summed E-state index contributed by atoms with van der Waals surface area (Å²) in [4.78, 5) is 26.2. The molecule has 4 nitrogen and oxygen atoms in total. The molecule has 0 saturated carbocycles. The molecule has 1 aliphatic heterocycles. The van der Waals surface area contributed by atoms with Crippen LogP contribution in [-0.4, -0.2) is 48.3 Å². The Kier molecular flexibility index (Phi) is 4.36. The standard InChI is InChI=1S/C13H15BrN2O2/c14-12-3-1-2-11(8-12)9-13(18)16-6-4-15(10-17)5-7-16/h1-3,8,10H,4-7,9H2. The lowest BCUT2D eigenvalue weighted by molar-refractivity contribution is -0.134. The third-order valence-electron chi connectivity index (χ3n) is 3.06. The lowest BCUT2D eigenvalue weighted by atomic mass is 10.1. The van der Waals surface area contributed by atoms with Crippen LogP contribution in [0.1, 0.15) is 5.56 Å². The van der Waals surface area contributed by atoms with Crippen LogP contribution >= 0.6 is 15.9 Å². The van der Waals surface area contributed by atoms with Gasteiger partial charge < -0.3 is 9.80 Å². The molecule has 0 bridgehead atoms. The van der Waals surface area contributed by atoms with Gasteiger partial charge in [-0.2, -0.15) is 0 Å². The van der Waals surface area contributed by atoms with Gasteiger partial charge in [0.05, 0.1) is 6.42 Å². The summed E-state index contributed by atoms with van der Waals surface area (Å²) >= 11 is 3.39. The molecule has 1 fully saturated rings. The first kappa shape index (κ1) is 13.1. The van der Waals surface area contributed by atoms with Crippen LogP contribution in [0, 0.1) is 0 Å². The summed E-state index contributed by atoms with van der Waals surface area (Å²) < 4.78 is 0.985. The van der Waals surface area contributed by atoms with Gasteiger partial charge in [0.25, 0.3) is 0 Å². The molecule has 0 radical (unpaired) electrons. The number of hydrogen-bond donors (Lipinski definition) is 0. The maximum atomic E-state index is 12.1. The highest BCUT2D eigenvalue weighted by molar-refractivity contribution is 9.10. The van der Waals surface area contributed by atoms with Gasteiger partial charge in [0.15, 0.2) is 0 Å². The minimum Gasteiger partial charge on any atom is -0.342 e. The molecule has 2 rings (SSSR count). The molecule has 1 aliphatic rings. The molecule has 0 aliphatic carbocycles. The van der Waals surface area contributed by atoms with Crippen molar-refractivity contribution in [2.45, 2.75) is 6.42 Å². The third-order valence-corrected chi connectivity index (χ3v) is 3.55. The van der Waals surface area contributed by atoms with Gasteiger partial charge in [0.2, 0.25) is 12.3 Å². The summed E-state index contributed by atoms with van der Waals surface area (Å²) in [5.41, 5.74) is 1.01. The molecule has 2 amide bonds. The molecule has 0 aromatic heterocycles. The van der Waals surface area contributed by atoms with E-state index < -0.39 is 0 Å². The Bertz CT molecular complexity index is 442. The van der Waals surface area contributed by atoms with E-state index in [1.165, 1.54) is 0 Å². The molecule has 0 spiro atoms. The van der Waals surface area contributed by atoms with Gasteiger partial charge in [-0.1, -0.05) is 28.1 Å². The number of nitrogens with zero attached hydrogens (tertiary/aromatic N) is 2. The second-order valence-electron chi connectivity index (χ2n) is 4.33. The van der Waals surface area contributed by atoms with Crippen molar-refractivity contribution < 1.29 is 9.59 Å². The van der Waals surface area contributed by atoms with Crippen molar-refractivity contribution in [1.82, 2.24) is 9.80 Å². The molecule has 5 heteroatoms. The number of halogens is 1. The van der Waals surface area contributed by atoms with Crippen LogP contribution in [0.5, 0.6) is 0 Å². The maximum absolute atomic E-state index is 12.1. The molecule has 1 saturated heterocycles. The molecular formula is C13H15BrN2O2. The number of hydrogen-bond acceptors (Lipinski definition) is 2. The molecule has 1 aromatic carbocycles. The number of amides is 2. The largest absolute Gasteiger partial charge is 0.342 e. The zero-order chi connectivity index (χ0) is 13.0. The zero-order valence-electron chi connectivity index (χ0n) is 10.0. The Labute approximate surface area is 115 Å². The fraction of sp³-hybridized carbons (Fsp3) is 0.385. The van der Waals surface area contributed by atoms with Crippen molar-refractivity contribution in [3.63, 3.8) is 0 Å². The summed E-state index contributed by atoms with van der Waals surface area (Å²) in [5.74, 6) is 0.124. The van der Waals surface area contributed by atoms with E-state index in [4.69, 9.17) is 0 Å². The Morgan fingerprint density at radius 2 is 2.00 bits per heavy atom. The van der Waals surface area contributed by atoms with Crippen LogP contribution in [0.4, 0.5) is 0 Å². The Balaban J connectivity index is 1.91. The van der Waals surface area contributed by atoms with E-state index in [0.29, 0.717) is 32.6 Å². The van der Waals surface area contributed by atoms with Gasteiger partial charge in [-0.3, -0.25) is 9.59 Å². The van der Waals surface area contributed by atoms with Crippen molar-refractivity contribution >= 4 is 28.2 Å². The average molecular weight is 311 g/mol. The Morgan fingerprint density at radius 3 is 2.61 bits per heavy atom. The summed E-state index contributed by atoms with van der Waals surface area (Å²) in [7, 11) is 0. The minimum absolute atomic E-state index is 0.124. The predicted octanol–water partition coefficient (Wildman–Crippen LogP) is 1.29. The van der Waals surface area contributed by atoms with Crippen LogP contribution in [0.3, 0.4) is 0 Å². The fourth-order valence-corrected chi connectivity index (χ4v) is 2.46. The highest BCUT2D eigenvalue weighted by atomic mass is 79.9. The van der Waals surface area contributed by atoms with E-state index in [1.807, 2.05) is 29.2 Å².